The van der Waals surface area contributed by atoms with Gasteiger partial charge in [-0.25, -0.2) is 4.98 Å². The largest absolute Gasteiger partial charge is 0.503 e. The molecular weight excluding hydrogens is 735 g/mol. The number of ether oxygens (including phenoxy) is 1. The predicted octanol–water partition coefficient (Wildman–Crippen LogP) is 13.4. The van der Waals surface area contributed by atoms with Gasteiger partial charge in [-0.15, -0.1) is 0 Å². The van der Waals surface area contributed by atoms with Gasteiger partial charge in [-0.1, -0.05) is 109 Å². The van der Waals surface area contributed by atoms with Crippen molar-refractivity contribution >= 4 is 67.0 Å². The van der Waals surface area contributed by atoms with Gasteiger partial charge in [-0.2, -0.15) is 0 Å². The van der Waals surface area contributed by atoms with E-state index in [4.69, 9.17) is 9.72 Å². The van der Waals surface area contributed by atoms with E-state index in [2.05, 4.69) is 207 Å². The van der Waals surface area contributed by atoms with Gasteiger partial charge in [-0.05, 0) is 80.3 Å². The number of benzene rings is 8. The Balaban J connectivity index is 1.08. The van der Waals surface area contributed by atoms with Crippen LogP contribution in [0.5, 0.6) is 11.5 Å². The highest BCUT2D eigenvalue weighted by Crippen LogP contribution is 2.47. The van der Waals surface area contributed by atoms with Gasteiger partial charge in [0.2, 0.25) is 11.4 Å². The van der Waals surface area contributed by atoms with Crippen LogP contribution in [0.3, 0.4) is 0 Å². The van der Waals surface area contributed by atoms with Crippen LogP contribution < -0.4 is 18.8 Å². The molecule has 1 aliphatic heterocycles. The molecule has 284 valence electrons. The van der Waals surface area contributed by atoms with E-state index in [9.17, 15) is 0 Å². The second-order valence-corrected chi connectivity index (χ2v) is 15.3. The molecule has 0 radical (unpaired) electrons. The normalized spacial score (nSPS) is 12.1. The molecule has 3 heterocycles. The van der Waals surface area contributed by atoms with Crippen molar-refractivity contribution in [1.82, 2.24) is 18.7 Å². The highest BCUT2D eigenvalue weighted by molar-refractivity contribution is 6.10. The second kappa shape index (κ2) is 14.4. The third kappa shape index (κ3) is 5.94. The molecule has 0 aliphatic carbocycles. The van der Waals surface area contributed by atoms with E-state index in [0.717, 1.165) is 95.2 Å². The van der Waals surface area contributed by atoms with Crippen LogP contribution in [0.15, 0.2) is 200 Å². The fourth-order valence-electron chi connectivity index (χ4n) is 8.60. The second-order valence-electron chi connectivity index (χ2n) is 15.3. The maximum Gasteiger partial charge on any atom is 0.503 e. The van der Waals surface area contributed by atoms with Crippen LogP contribution >= 0.6 is 0 Å². The average Bonchev–Trinajstić information content (AvgIpc) is 3.86. The van der Waals surface area contributed by atoms with E-state index in [0.29, 0.717) is 0 Å². The lowest BCUT2D eigenvalue weighted by atomic mass is 9.95. The van der Waals surface area contributed by atoms with E-state index in [1.165, 1.54) is 5.39 Å². The molecule has 0 fully saturated rings. The zero-order chi connectivity index (χ0) is 40.2. The van der Waals surface area contributed by atoms with Gasteiger partial charge >= 0.3 is 11.7 Å². The third-order valence-corrected chi connectivity index (χ3v) is 11.4. The average molecular weight is 774 g/mol. The van der Waals surface area contributed by atoms with Crippen molar-refractivity contribution in [2.45, 2.75) is 0 Å². The molecule has 8 aromatic carbocycles. The number of hydrogen-bond donors (Lipinski definition) is 0. The van der Waals surface area contributed by atoms with Gasteiger partial charge in [0.15, 0.2) is 0 Å². The van der Waals surface area contributed by atoms with Gasteiger partial charge in [0.1, 0.15) is 17.3 Å². The van der Waals surface area contributed by atoms with Gasteiger partial charge in [0.05, 0.1) is 33.6 Å². The van der Waals surface area contributed by atoms with Crippen LogP contribution in [0, 0.1) is 0 Å². The first kappa shape index (κ1) is 35.1. The van der Waals surface area contributed by atoms with Gasteiger partial charge < -0.3 is 9.64 Å². The molecule has 6 heteroatoms. The summed E-state index contributed by atoms with van der Waals surface area (Å²) in [5.41, 5.74) is 11.8. The van der Waals surface area contributed by atoms with E-state index >= 15 is 0 Å². The van der Waals surface area contributed by atoms with E-state index in [-0.39, 0.29) is 0 Å². The number of nitrogens with zero attached hydrogens (tertiary/aromatic N) is 5. The van der Waals surface area contributed by atoms with Crippen molar-refractivity contribution in [2.75, 3.05) is 19.0 Å². The van der Waals surface area contributed by atoms with Gasteiger partial charge in [0, 0.05) is 61.0 Å². The van der Waals surface area contributed by atoms with Crippen LogP contribution in [-0.4, -0.2) is 29.7 Å². The van der Waals surface area contributed by atoms with E-state index in [1.807, 2.05) is 32.4 Å². The third-order valence-electron chi connectivity index (χ3n) is 11.4. The quantitative estimate of drug-likeness (QED) is 0.144. The van der Waals surface area contributed by atoms with Gasteiger partial charge in [-0.3, -0.25) is 4.57 Å². The Morgan fingerprint density at radius 3 is 1.95 bits per heavy atom. The highest BCUT2D eigenvalue weighted by atomic mass is 16.5. The topological polar surface area (TPSA) is 36.3 Å². The lowest BCUT2D eigenvalue weighted by Gasteiger charge is -2.14. The Morgan fingerprint density at radius 2 is 1.18 bits per heavy atom. The first-order chi connectivity index (χ1) is 29.6. The molecule has 0 N–H and O–H groups in total. The Morgan fingerprint density at radius 1 is 0.517 bits per heavy atom. The summed E-state index contributed by atoms with van der Waals surface area (Å²) in [6, 6.07) is 72.0. The van der Waals surface area contributed by atoms with Crippen LogP contribution in [-0.2, 0) is 0 Å². The molecule has 0 amide bonds. The zero-order valence-corrected chi connectivity index (χ0v) is 33.2. The smallest absolute Gasteiger partial charge is 0.457 e. The maximum absolute atomic E-state index is 6.75. The number of hydrogen-bond acceptors (Lipinski definition) is 3. The molecule has 1 aliphatic rings. The summed E-state index contributed by atoms with van der Waals surface area (Å²) in [5, 5.41) is 4.61. The van der Waals surface area contributed by atoms with Crippen molar-refractivity contribution in [3.8, 4) is 39.6 Å². The van der Waals surface area contributed by atoms with E-state index in [1.54, 1.807) is 0 Å². The van der Waals surface area contributed by atoms with Gasteiger partial charge in [0.25, 0.3) is 5.69 Å². The SMILES string of the molecule is CN(C)c1ccnc(-n2c3ccccc3c3ccc(Oc4cccc([N+]5=C=[N+](c6c(-c7ccccc7)cccc6-c6ccccc6)c6c5ccc5ccccc65)c4)cc32)c1. The lowest BCUT2D eigenvalue weighted by Crippen LogP contribution is -2.09. The highest BCUT2D eigenvalue weighted by Gasteiger charge is 2.41. The molecule has 0 saturated heterocycles. The molecule has 0 saturated carbocycles. The molecule has 0 spiro atoms. The Bertz CT molecular complexity index is 3300. The molecule has 6 nitrogen and oxygen atoms in total. The lowest BCUT2D eigenvalue weighted by molar-refractivity contribution is 0.483. The van der Waals surface area contributed by atoms with E-state index < -0.39 is 0 Å². The van der Waals surface area contributed by atoms with Crippen LogP contribution in [0.4, 0.5) is 28.4 Å². The molecule has 0 atom stereocenters. The Kier molecular flexibility index (Phi) is 8.43. The van der Waals surface area contributed by atoms with Crippen LogP contribution in [0.25, 0.3) is 60.6 Å². The summed E-state index contributed by atoms with van der Waals surface area (Å²) in [6.45, 7) is 0. The summed E-state index contributed by atoms with van der Waals surface area (Å²) >= 11 is 0. The van der Waals surface area contributed by atoms with Crippen molar-refractivity contribution < 1.29 is 4.74 Å². The number of aromatic nitrogens is 2. The van der Waals surface area contributed by atoms with Crippen LogP contribution in [0.1, 0.15) is 0 Å². The zero-order valence-electron chi connectivity index (χ0n) is 33.2. The van der Waals surface area contributed by atoms with Crippen molar-refractivity contribution in [1.29, 1.82) is 0 Å². The predicted molar refractivity (Wildman–Crippen MR) is 249 cm³/mol. The van der Waals surface area contributed by atoms with Crippen molar-refractivity contribution in [3.63, 3.8) is 0 Å². The molecule has 0 bridgehead atoms. The molecule has 11 rings (SSSR count). The number of pyridine rings is 1. The fourth-order valence-corrected chi connectivity index (χ4v) is 8.60. The molecular formula is C54H39N5O+2. The molecule has 0 unspecified atom stereocenters. The molecule has 2 aromatic heterocycles. The molecule has 10 aromatic rings. The Hall–Kier alpha value is -8.05. The summed E-state index contributed by atoms with van der Waals surface area (Å²) in [6.07, 6.45) is 1.87. The van der Waals surface area contributed by atoms with Crippen LogP contribution in [0.2, 0.25) is 0 Å². The Labute approximate surface area is 348 Å². The summed E-state index contributed by atoms with van der Waals surface area (Å²) in [5.74, 6) is 2.31. The number of fused-ring (bicyclic) bond motifs is 6. The maximum atomic E-state index is 6.75. The minimum atomic E-state index is 0.722. The first-order valence-corrected chi connectivity index (χ1v) is 20.2. The fraction of sp³-hybridized carbons (Fsp3) is 0.0370. The first-order valence-electron chi connectivity index (χ1n) is 20.2. The summed E-state index contributed by atoms with van der Waals surface area (Å²) in [4.78, 5) is 6.92. The summed E-state index contributed by atoms with van der Waals surface area (Å²) < 4.78 is 13.4. The summed E-state index contributed by atoms with van der Waals surface area (Å²) in [7, 11) is 4.10. The standard InChI is InChI=1S/C54H39N5O/c1-56(2)40-31-32-55-52(34-40)59-49-26-12-11-23-47(49)48-29-28-43(35-51(48)59)60-42-21-13-20-41(33-42)57-36-58(54-46-22-10-9-19-39(46)27-30-50(54)57)53-44(37-15-5-3-6-16-37)24-14-25-45(53)38-17-7-4-8-18-38/h3-35H,1-2H3/q+2. The number of para-hydroxylation sites is 2. The minimum Gasteiger partial charge on any atom is -0.457 e. The molecule has 60 heavy (non-hydrogen) atoms. The monoisotopic (exact) mass is 773 g/mol. The van der Waals surface area contributed by atoms with Crippen molar-refractivity contribution in [3.05, 3.63) is 200 Å². The van der Waals surface area contributed by atoms with Crippen molar-refractivity contribution in [2.24, 2.45) is 0 Å². The minimum absolute atomic E-state index is 0.722. The number of anilines is 1. The number of rotatable bonds is 8.